The lowest BCUT2D eigenvalue weighted by Gasteiger charge is -2.00. The highest BCUT2D eigenvalue weighted by atomic mass is 16.1. The van der Waals surface area contributed by atoms with Crippen LogP contribution >= 0.6 is 0 Å². The van der Waals surface area contributed by atoms with Gasteiger partial charge in [-0.15, -0.1) is 0 Å². The first-order chi connectivity index (χ1) is 11.2. The van der Waals surface area contributed by atoms with Crippen molar-refractivity contribution < 1.29 is 0 Å². The number of pyridine rings is 1. The number of hydrogen-bond acceptors (Lipinski definition) is 1. The van der Waals surface area contributed by atoms with E-state index >= 15 is 0 Å². The zero-order chi connectivity index (χ0) is 15.8. The van der Waals surface area contributed by atoms with Crippen molar-refractivity contribution in [3.8, 4) is 22.5 Å². The zero-order valence-electron chi connectivity index (χ0n) is 12.8. The Morgan fingerprint density at radius 1 is 0.739 bits per heavy atom. The number of aromatic nitrogens is 2. The van der Waals surface area contributed by atoms with Gasteiger partial charge < -0.3 is 9.97 Å². The third kappa shape index (κ3) is 2.27. The Balaban J connectivity index is 2.11. The van der Waals surface area contributed by atoms with Crippen molar-refractivity contribution in [2.45, 2.75) is 6.92 Å². The van der Waals surface area contributed by atoms with E-state index in [4.69, 9.17) is 0 Å². The number of hydrogen-bond donors (Lipinski definition) is 2. The molecule has 3 nitrogen and oxygen atoms in total. The molecule has 112 valence electrons. The molecule has 0 spiro atoms. The Bertz CT molecular complexity index is 1030. The lowest BCUT2D eigenvalue weighted by atomic mass is 10.1. The van der Waals surface area contributed by atoms with Gasteiger partial charge in [-0.25, -0.2) is 0 Å². The first-order valence-electron chi connectivity index (χ1n) is 7.60. The predicted molar refractivity (Wildman–Crippen MR) is 94.5 cm³/mol. The van der Waals surface area contributed by atoms with Crippen LogP contribution in [0.2, 0.25) is 0 Å². The molecule has 4 aromatic rings. The van der Waals surface area contributed by atoms with Crippen molar-refractivity contribution in [1.29, 1.82) is 0 Å². The predicted octanol–water partition coefficient (Wildman–Crippen LogP) is 4.50. The molecule has 0 saturated carbocycles. The van der Waals surface area contributed by atoms with Crippen LogP contribution in [0.25, 0.3) is 33.4 Å². The molecule has 0 aliphatic heterocycles. The van der Waals surface area contributed by atoms with Crippen LogP contribution in [0, 0.1) is 6.92 Å². The van der Waals surface area contributed by atoms with Gasteiger partial charge in [-0.1, -0.05) is 60.7 Å². The smallest absolute Gasteiger partial charge is 0.191 e. The molecule has 2 aromatic heterocycles. The second-order valence-corrected chi connectivity index (χ2v) is 5.67. The number of aryl methyl sites for hydroxylation is 1. The monoisotopic (exact) mass is 300 g/mol. The van der Waals surface area contributed by atoms with Crippen molar-refractivity contribution in [1.82, 2.24) is 9.97 Å². The maximum atomic E-state index is 12.6. The van der Waals surface area contributed by atoms with Crippen LogP contribution < -0.4 is 5.43 Å². The van der Waals surface area contributed by atoms with E-state index < -0.39 is 0 Å². The van der Waals surface area contributed by atoms with Crippen molar-refractivity contribution in [2.24, 2.45) is 0 Å². The normalized spacial score (nSPS) is 11.0. The van der Waals surface area contributed by atoms with Gasteiger partial charge in [0.05, 0.1) is 22.3 Å². The summed E-state index contributed by atoms with van der Waals surface area (Å²) in [6.45, 7) is 1.91. The molecule has 2 aromatic carbocycles. The molecule has 0 saturated heterocycles. The van der Waals surface area contributed by atoms with Crippen LogP contribution in [0.3, 0.4) is 0 Å². The molecule has 0 bridgehead atoms. The lowest BCUT2D eigenvalue weighted by Crippen LogP contribution is -2.02. The van der Waals surface area contributed by atoms with Crippen LogP contribution in [0.5, 0.6) is 0 Å². The van der Waals surface area contributed by atoms with Crippen molar-refractivity contribution >= 4 is 10.9 Å². The average Bonchev–Trinajstić information content (AvgIpc) is 2.96. The van der Waals surface area contributed by atoms with Gasteiger partial charge in [0.15, 0.2) is 5.43 Å². The van der Waals surface area contributed by atoms with E-state index in [2.05, 4.69) is 9.97 Å². The number of fused-ring (bicyclic) bond motifs is 1. The molecule has 3 heteroatoms. The summed E-state index contributed by atoms with van der Waals surface area (Å²) >= 11 is 0. The standard InChI is InChI=1S/C20H16N2O/c1-13-12-16(23)17-18(14-8-4-2-5-9-14)22-19(20(17)21-13)15-10-6-3-7-11-15/h2-12,21-22H,1H3. The second-order valence-electron chi connectivity index (χ2n) is 5.67. The summed E-state index contributed by atoms with van der Waals surface area (Å²) in [6, 6.07) is 21.7. The molecular weight excluding hydrogens is 284 g/mol. The van der Waals surface area contributed by atoms with Crippen LogP contribution in [0.15, 0.2) is 71.5 Å². The summed E-state index contributed by atoms with van der Waals surface area (Å²) in [7, 11) is 0. The van der Waals surface area contributed by atoms with Gasteiger partial charge in [-0.2, -0.15) is 0 Å². The van der Waals surface area contributed by atoms with E-state index in [0.29, 0.717) is 5.39 Å². The van der Waals surface area contributed by atoms with Gasteiger partial charge in [0.1, 0.15) is 0 Å². The highest BCUT2D eigenvalue weighted by Crippen LogP contribution is 2.33. The molecular formula is C20H16N2O. The van der Waals surface area contributed by atoms with Gasteiger partial charge in [0.25, 0.3) is 0 Å². The first kappa shape index (κ1) is 13.6. The van der Waals surface area contributed by atoms with Gasteiger partial charge in [-0.3, -0.25) is 4.79 Å². The number of rotatable bonds is 2. The fourth-order valence-electron chi connectivity index (χ4n) is 3.02. The summed E-state index contributed by atoms with van der Waals surface area (Å²) in [5, 5.41) is 0.709. The minimum atomic E-state index is 0.0357. The maximum absolute atomic E-state index is 12.6. The molecule has 0 radical (unpaired) electrons. The lowest BCUT2D eigenvalue weighted by molar-refractivity contribution is 1.25. The van der Waals surface area contributed by atoms with Gasteiger partial charge >= 0.3 is 0 Å². The van der Waals surface area contributed by atoms with Crippen molar-refractivity contribution in [3.05, 3.63) is 82.6 Å². The van der Waals surface area contributed by atoms with Crippen molar-refractivity contribution in [2.75, 3.05) is 0 Å². The van der Waals surface area contributed by atoms with Crippen LogP contribution in [-0.2, 0) is 0 Å². The number of H-pyrrole nitrogens is 2. The van der Waals surface area contributed by atoms with Crippen LogP contribution in [-0.4, -0.2) is 9.97 Å². The molecule has 0 aliphatic carbocycles. The largest absolute Gasteiger partial charge is 0.357 e. The van der Waals surface area contributed by atoms with E-state index in [1.807, 2.05) is 67.6 Å². The fraction of sp³-hybridized carbons (Fsp3) is 0.0500. The summed E-state index contributed by atoms with van der Waals surface area (Å²) in [5.41, 5.74) is 5.63. The van der Waals surface area contributed by atoms with Crippen LogP contribution in [0.4, 0.5) is 0 Å². The molecule has 0 amide bonds. The number of benzene rings is 2. The second kappa shape index (κ2) is 5.29. The quantitative estimate of drug-likeness (QED) is 0.562. The minimum absolute atomic E-state index is 0.0357. The van der Waals surface area contributed by atoms with Gasteiger partial charge in [0.2, 0.25) is 0 Å². The van der Waals surface area contributed by atoms with E-state index in [1.165, 1.54) is 0 Å². The van der Waals surface area contributed by atoms with Crippen LogP contribution in [0.1, 0.15) is 5.69 Å². The Kier molecular flexibility index (Phi) is 3.12. The molecule has 0 fully saturated rings. The third-order valence-corrected chi connectivity index (χ3v) is 4.04. The first-order valence-corrected chi connectivity index (χ1v) is 7.60. The average molecular weight is 300 g/mol. The van der Waals surface area contributed by atoms with Gasteiger partial charge in [0, 0.05) is 17.3 Å². The maximum Gasteiger partial charge on any atom is 0.191 e. The summed E-state index contributed by atoms with van der Waals surface area (Å²) in [5.74, 6) is 0. The van der Waals surface area contributed by atoms with Crippen molar-refractivity contribution in [3.63, 3.8) is 0 Å². The van der Waals surface area contributed by atoms with E-state index in [0.717, 1.165) is 33.7 Å². The SMILES string of the molecule is Cc1cc(=O)c2c(-c3ccccc3)[nH]c(-c3ccccc3)c2[nH]1. The minimum Gasteiger partial charge on any atom is -0.357 e. The van der Waals surface area contributed by atoms with E-state index in [1.54, 1.807) is 6.07 Å². The molecule has 2 N–H and O–H groups in total. The van der Waals surface area contributed by atoms with Gasteiger partial charge in [-0.05, 0) is 12.5 Å². The number of nitrogens with one attached hydrogen (secondary N) is 2. The summed E-state index contributed by atoms with van der Waals surface area (Å²) in [4.78, 5) is 19.4. The Hall–Kier alpha value is -3.07. The Morgan fingerprint density at radius 2 is 1.30 bits per heavy atom. The third-order valence-electron chi connectivity index (χ3n) is 4.04. The molecule has 0 aliphatic rings. The topological polar surface area (TPSA) is 48.6 Å². The molecule has 4 rings (SSSR count). The van der Waals surface area contributed by atoms with E-state index in [-0.39, 0.29) is 5.43 Å². The number of aromatic amines is 2. The summed E-state index contributed by atoms with van der Waals surface area (Å²) < 4.78 is 0. The molecule has 0 atom stereocenters. The molecule has 23 heavy (non-hydrogen) atoms. The molecule has 0 unspecified atom stereocenters. The molecule has 2 heterocycles. The highest BCUT2D eigenvalue weighted by molar-refractivity contribution is 6.02. The Labute approximate surface area is 133 Å². The Morgan fingerprint density at radius 3 is 1.91 bits per heavy atom. The fourth-order valence-corrected chi connectivity index (χ4v) is 3.02. The highest BCUT2D eigenvalue weighted by Gasteiger charge is 2.16. The summed E-state index contributed by atoms with van der Waals surface area (Å²) in [6.07, 6.45) is 0. The van der Waals surface area contributed by atoms with E-state index in [9.17, 15) is 4.79 Å². The zero-order valence-corrected chi connectivity index (χ0v) is 12.8.